The Morgan fingerprint density at radius 2 is 0.854 bits per heavy atom. The molecule has 3 saturated carbocycles. The van der Waals surface area contributed by atoms with Gasteiger partial charge >= 0.3 is 0 Å². The number of ether oxygens (including phenoxy) is 3. The Morgan fingerprint density at radius 1 is 0.506 bits per heavy atom. The third kappa shape index (κ3) is 54.7. The van der Waals surface area contributed by atoms with Crippen LogP contribution in [0.1, 0.15) is 190 Å². The maximum Gasteiger partial charge on any atom is 0.217 e. The lowest BCUT2D eigenvalue weighted by Gasteiger charge is -2.33. The molecule has 31 heteroatoms. The Hall–Kier alpha value is -1.24. The first-order valence-corrected chi connectivity index (χ1v) is 41.6. The summed E-state index contributed by atoms with van der Waals surface area (Å²) < 4.78 is 163. The molecule has 3 aliphatic carbocycles. The molecule has 0 spiro atoms. The smallest absolute Gasteiger partial charge is 0.217 e. The van der Waals surface area contributed by atoms with E-state index in [1.807, 2.05) is 62.3 Å². The Bertz CT molecular complexity index is 2470. The number of hydrogen-bond donors (Lipinski definition) is 8. The number of nitrogens with zero attached hydrogens (tertiary/aromatic N) is 2. The maximum atomic E-state index is 11.3. The van der Waals surface area contributed by atoms with Crippen LogP contribution in [0.2, 0.25) is 0 Å². The van der Waals surface area contributed by atoms with Gasteiger partial charge in [0.15, 0.2) is 0 Å². The molecule has 2 atom stereocenters. The molecule has 3 heterocycles. The molecule has 0 radical (unpaired) electrons. The molecule has 0 amide bonds. The molecule has 538 valence electrons. The highest BCUT2D eigenvalue weighted by atomic mass is 32.2. The second-order valence-corrected chi connectivity index (χ2v) is 37.7. The third-order valence-corrected chi connectivity index (χ3v) is 22.9. The second-order valence-electron chi connectivity index (χ2n) is 26.2. The molecule has 3 aliphatic heterocycles. The van der Waals surface area contributed by atoms with Gasteiger partial charge in [0.25, 0.3) is 0 Å². The van der Waals surface area contributed by atoms with Crippen LogP contribution in [0.15, 0.2) is 12.3 Å². The zero-order valence-corrected chi connectivity index (χ0v) is 64.0. The number of morpholine rings is 2. The first-order chi connectivity index (χ1) is 40.5. The highest BCUT2D eigenvalue weighted by Gasteiger charge is 2.36. The van der Waals surface area contributed by atoms with Crippen LogP contribution in [-0.4, -0.2) is 227 Å². The van der Waals surface area contributed by atoms with E-state index in [1.54, 1.807) is 27.7 Å². The van der Waals surface area contributed by atoms with E-state index in [0.717, 1.165) is 96.3 Å². The van der Waals surface area contributed by atoms with Gasteiger partial charge < -0.3 is 24.8 Å². The van der Waals surface area contributed by atoms with E-state index in [2.05, 4.69) is 115 Å². The molecule has 0 bridgehead atoms. The lowest BCUT2D eigenvalue weighted by atomic mass is 10.0. The van der Waals surface area contributed by atoms with Crippen molar-refractivity contribution < 1.29 is 64.7 Å². The summed E-state index contributed by atoms with van der Waals surface area (Å²) >= 11 is 0. The topological polar surface area (TPSA) is 335 Å². The molecule has 6 aliphatic rings. The molecule has 25 nitrogen and oxygen atoms in total. The molecular formula is C58H130N10O15S6. The van der Waals surface area contributed by atoms with Crippen molar-refractivity contribution in [3.8, 4) is 0 Å². The van der Waals surface area contributed by atoms with Gasteiger partial charge in [-0.1, -0.05) is 13.0 Å². The van der Waals surface area contributed by atoms with Gasteiger partial charge in [-0.3, -0.25) is 9.80 Å². The van der Waals surface area contributed by atoms with Crippen molar-refractivity contribution in [3.05, 3.63) is 12.3 Å². The van der Waals surface area contributed by atoms with Gasteiger partial charge in [-0.05, 0) is 190 Å². The minimum absolute atomic E-state index is 0.000556. The SMILES string of the molecule is C=C(C)NC(C)C.CC(C)N1CCO[C@@H](C)C1.CC(C)N1CCO[C@H](C)C1.CC(C)NS(=O)(=O)C1CC1.CC(C)NS(=O)(=O)C1CCC1.CC(C)NS(=O)(=O)C1CNC1.CC(C)NS(=O)(=O)CC1CC1.CC(C)NS(C)(=O)=O.COCCS(=O)(=O)NC(C)C. The largest absolute Gasteiger partial charge is 0.387 e. The normalized spacial score (nSPS) is 19.6. The molecule has 0 aromatic carbocycles. The molecule has 89 heavy (non-hydrogen) atoms. The lowest BCUT2D eigenvalue weighted by molar-refractivity contribution is -0.0289. The van der Waals surface area contributed by atoms with Crippen molar-refractivity contribution in [2.75, 3.05) is 84.0 Å². The summed E-state index contributed by atoms with van der Waals surface area (Å²) in [5, 5.41) is 5.62. The Kier molecular flexibility index (Phi) is 47.5. The minimum Gasteiger partial charge on any atom is -0.387 e. The molecular weight excluding hydrogens is 1270 g/mol. The van der Waals surface area contributed by atoms with Gasteiger partial charge in [0.2, 0.25) is 60.1 Å². The number of hydrogen-bond acceptors (Lipinski definition) is 19. The minimum atomic E-state index is -3.12. The predicted octanol–water partition coefficient (Wildman–Crippen LogP) is 5.01. The summed E-state index contributed by atoms with van der Waals surface area (Å²) in [4.78, 5) is 4.91. The monoisotopic (exact) mass is 1400 g/mol. The highest BCUT2D eigenvalue weighted by molar-refractivity contribution is 7.91. The van der Waals surface area contributed by atoms with Crippen LogP contribution in [0.25, 0.3) is 0 Å². The number of methoxy groups -OCH3 is 1. The molecule has 8 N–H and O–H groups in total. The second kappa shape index (κ2) is 46.0. The van der Waals surface area contributed by atoms with E-state index in [0.29, 0.717) is 55.1 Å². The number of allylic oxidation sites excluding steroid dienone is 1. The highest BCUT2D eigenvalue weighted by Crippen LogP contribution is 2.30. The van der Waals surface area contributed by atoms with Gasteiger partial charge in [0.05, 0.1) is 60.3 Å². The lowest BCUT2D eigenvalue weighted by Crippen LogP contribution is -2.55. The summed E-state index contributed by atoms with van der Waals surface area (Å²) in [5.41, 5.74) is 1.04. The van der Waals surface area contributed by atoms with E-state index < -0.39 is 60.1 Å². The van der Waals surface area contributed by atoms with Crippen molar-refractivity contribution in [3.63, 3.8) is 0 Å². The quantitative estimate of drug-likeness (QED) is 0.0630. The van der Waals surface area contributed by atoms with Gasteiger partial charge in [-0.25, -0.2) is 78.8 Å². The van der Waals surface area contributed by atoms with E-state index in [1.165, 1.54) is 7.11 Å². The van der Waals surface area contributed by atoms with Crippen LogP contribution in [0.4, 0.5) is 0 Å². The van der Waals surface area contributed by atoms with Crippen molar-refractivity contribution >= 4 is 60.1 Å². The fourth-order valence-electron chi connectivity index (χ4n) is 7.98. The Balaban J connectivity index is -0.000000938. The number of rotatable bonds is 24. The van der Waals surface area contributed by atoms with Crippen LogP contribution >= 0.6 is 0 Å². The first kappa shape index (κ1) is 92.0. The van der Waals surface area contributed by atoms with E-state index >= 15 is 0 Å². The summed E-state index contributed by atoms with van der Waals surface area (Å²) in [6.07, 6.45) is 8.57. The third-order valence-electron chi connectivity index (χ3n) is 12.4. The van der Waals surface area contributed by atoms with Crippen molar-refractivity contribution in [1.29, 1.82) is 0 Å². The summed E-state index contributed by atoms with van der Waals surface area (Å²) in [6.45, 7) is 52.4. The standard InChI is InChI=1S/2C8H17NO.2C7H15NO2S.C6H14N2O2S.C6H15NO3S.C6H13NO2S.C6H13N.C4H11NO2S/c2*1-7(2)9-4-5-10-8(3)6-9;1-6(2)8-11(9,10)5-7-3-4-7;1-6(2)8-11(9,10)7-4-3-5-7;1-5(2)8-11(9,10)6-3-7-4-6;1-6(2)7-11(8,9)5-4-10-3;1-5(2)7-10(8,9)6-3-4-6;1-5(2)7-6(3)4;1-4(2)5-8(3,6)7/h2*7-8H,4-6H2,1-3H3;2*6-8H,3-5H2,1-2H3;5-8H,3-4H2,1-2H3;6-7H,4-5H2,1-3H3;5-7H,3-4H2,1-2H3;6-7H,1H2,2-4H3;4-5H,1-3H3/t2*8-;;;;;;;/m10......./s1. The van der Waals surface area contributed by atoms with Crippen LogP contribution in [0.3, 0.4) is 0 Å². The fraction of sp³-hybridized carbons (Fsp3) is 0.966. The summed E-state index contributed by atoms with van der Waals surface area (Å²) in [5.74, 6) is 0.790. The first-order valence-electron chi connectivity index (χ1n) is 31.8. The van der Waals surface area contributed by atoms with Crippen LogP contribution < -0.4 is 39.0 Å². The fourth-order valence-corrected chi connectivity index (χ4v) is 16.8. The molecule has 0 aromatic heterocycles. The van der Waals surface area contributed by atoms with E-state index in [-0.39, 0.29) is 64.4 Å². The van der Waals surface area contributed by atoms with Crippen molar-refractivity contribution in [2.24, 2.45) is 5.92 Å². The van der Waals surface area contributed by atoms with Crippen LogP contribution in [0.5, 0.6) is 0 Å². The average molecular weight is 1400 g/mol. The van der Waals surface area contributed by atoms with Gasteiger partial charge in [-0.2, -0.15) is 0 Å². The van der Waals surface area contributed by atoms with Gasteiger partial charge in [0, 0.05) is 106 Å². The molecule has 6 fully saturated rings. The molecule has 0 unspecified atom stereocenters. The summed E-state index contributed by atoms with van der Waals surface area (Å²) in [7, 11) is -16.5. The van der Waals surface area contributed by atoms with Gasteiger partial charge in [0.1, 0.15) is 5.25 Å². The maximum absolute atomic E-state index is 11.3. The number of nitrogens with one attached hydrogen (secondary N) is 8. The van der Waals surface area contributed by atoms with Crippen molar-refractivity contribution in [1.82, 2.24) is 48.8 Å². The molecule has 0 aromatic rings. The zero-order valence-electron chi connectivity index (χ0n) is 59.1. The predicted molar refractivity (Wildman–Crippen MR) is 368 cm³/mol. The number of sulfonamides is 6. The molecule has 6 rings (SSSR count). The molecule has 3 saturated heterocycles. The van der Waals surface area contributed by atoms with E-state index in [9.17, 15) is 50.5 Å². The van der Waals surface area contributed by atoms with E-state index in [4.69, 9.17) is 9.47 Å². The Morgan fingerprint density at radius 3 is 1.06 bits per heavy atom. The van der Waals surface area contributed by atoms with Crippen molar-refractivity contribution in [2.45, 2.75) is 273 Å². The van der Waals surface area contributed by atoms with Gasteiger partial charge in [-0.15, -0.1) is 0 Å². The average Bonchev–Trinajstić information content (AvgIpc) is 4.42. The zero-order chi connectivity index (χ0) is 69.9. The summed E-state index contributed by atoms with van der Waals surface area (Å²) in [6, 6.07) is 1.92. The Labute approximate surface area is 545 Å². The van der Waals surface area contributed by atoms with Crippen LogP contribution in [0, 0.1) is 5.92 Å². The van der Waals surface area contributed by atoms with Crippen LogP contribution in [-0.2, 0) is 74.4 Å².